The van der Waals surface area contributed by atoms with Crippen molar-refractivity contribution in [1.82, 2.24) is 9.62 Å². The van der Waals surface area contributed by atoms with Gasteiger partial charge in [-0.1, -0.05) is 30.3 Å². The second-order valence-corrected chi connectivity index (χ2v) is 9.27. The van der Waals surface area contributed by atoms with Gasteiger partial charge in [0.2, 0.25) is 15.9 Å². The summed E-state index contributed by atoms with van der Waals surface area (Å²) in [5, 5.41) is 3.05. The van der Waals surface area contributed by atoms with Gasteiger partial charge in [-0.2, -0.15) is 4.31 Å². The molecule has 7 heteroatoms. The molecule has 2 aromatic carbocycles. The van der Waals surface area contributed by atoms with Crippen molar-refractivity contribution in [3.63, 3.8) is 0 Å². The van der Waals surface area contributed by atoms with Crippen LogP contribution in [0.2, 0.25) is 0 Å². The molecule has 1 amide bonds. The first-order valence-electron chi connectivity index (χ1n) is 9.88. The Morgan fingerprint density at radius 1 is 1.14 bits per heavy atom. The number of hydrogen-bond acceptors (Lipinski definition) is 4. The van der Waals surface area contributed by atoms with Crippen molar-refractivity contribution in [2.24, 2.45) is 0 Å². The van der Waals surface area contributed by atoms with E-state index >= 15 is 0 Å². The van der Waals surface area contributed by atoms with Gasteiger partial charge in [-0.25, -0.2) is 8.42 Å². The molecule has 0 aliphatic carbocycles. The number of ether oxygens (including phenoxy) is 1. The van der Waals surface area contributed by atoms with Gasteiger partial charge in [-0.3, -0.25) is 4.79 Å². The summed E-state index contributed by atoms with van der Waals surface area (Å²) >= 11 is 0. The van der Waals surface area contributed by atoms with Crippen LogP contribution in [0, 0.1) is 6.92 Å². The Morgan fingerprint density at radius 2 is 1.83 bits per heavy atom. The Hall–Kier alpha value is -2.38. The van der Waals surface area contributed by atoms with Crippen LogP contribution in [-0.2, 0) is 21.2 Å². The number of hydrogen-bond donors (Lipinski definition) is 1. The normalized spacial score (nSPS) is 15.8. The van der Waals surface area contributed by atoms with E-state index in [1.54, 1.807) is 32.2 Å². The number of rotatable bonds is 7. The van der Waals surface area contributed by atoms with Crippen LogP contribution in [0.4, 0.5) is 0 Å². The topological polar surface area (TPSA) is 75.7 Å². The maximum atomic E-state index is 13.0. The van der Waals surface area contributed by atoms with Crippen LogP contribution in [0.25, 0.3) is 0 Å². The van der Waals surface area contributed by atoms with Crippen LogP contribution in [0.3, 0.4) is 0 Å². The number of aryl methyl sites for hydroxylation is 2. The molecule has 2 aromatic rings. The third kappa shape index (κ3) is 5.36. The van der Waals surface area contributed by atoms with E-state index in [4.69, 9.17) is 4.74 Å². The standard InChI is InChI=1S/C22H28N2O4S/c1-17-16-20(28-2)9-10-21(17)29(26,27)24-14-12-19(13-15-24)23-22(25)11-8-18-6-4-3-5-7-18/h3-7,9-10,16,19H,8,11-15H2,1-2H3,(H,23,25). The molecule has 156 valence electrons. The molecule has 1 aliphatic heterocycles. The number of nitrogens with zero attached hydrogens (tertiary/aromatic N) is 1. The highest BCUT2D eigenvalue weighted by Crippen LogP contribution is 2.26. The first kappa shape index (κ1) is 21.3. The van der Waals surface area contributed by atoms with E-state index in [2.05, 4.69) is 5.32 Å². The van der Waals surface area contributed by atoms with E-state index < -0.39 is 10.0 Å². The van der Waals surface area contributed by atoms with E-state index in [1.807, 2.05) is 30.3 Å². The highest BCUT2D eigenvalue weighted by atomic mass is 32.2. The summed E-state index contributed by atoms with van der Waals surface area (Å²) in [5.74, 6) is 0.652. The van der Waals surface area contributed by atoms with Gasteiger partial charge in [0.15, 0.2) is 0 Å². The summed E-state index contributed by atoms with van der Waals surface area (Å²) in [6, 6.07) is 14.9. The summed E-state index contributed by atoms with van der Waals surface area (Å²) < 4.78 is 32.7. The maximum Gasteiger partial charge on any atom is 0.243 e. The zero-order valence-electron chi connectivity index (χ0n) is 16.9. The van der Waals surface area contributed by atoms with Crippen LogP contribution < -0.4 is 10.1 Å². The molecule has 6 nitrogen and oxygen atoms in total. The maximum absolute atomic E-state index is 13.0. The summed E-state index contributed by atoms with van der Waals surface area (Å²) in [6.07, 6.45) is 2.38. The Bertz CT molecular complexity index is 937. The summed E-state index contributed by atoms with van der Waals surface area (Å²) in [6.45, 7) is 2.57. The zero-order valence-corrected chi connectivity index (χ0v) is 17.7. The minimum Gasteiger partial charge on any atom is -0.497 e. The fourth-order valence-electron chi connectivity index (χ4n) is 3.62. The van der Waals surface area contributed by atoms with Gasteiger partial charge in [0.1, 0.15) is 5.75 Å². The van der Waals surface area contributed by atoms with Gasteiger partial charge >= 0.3 is 0 Å². The molecular weight excluding hydrogens is 388 g/mol. The molecule has 1 saturated heterocycles. The van der Waals surface area contributed by atoms with Crippen LogP contribution in [0.1, 0.15) is 30.4 Å². The van der Waals surface area contributed by atoms with Crippen LogP contribution >= 0.6 is 0 Å². The second kappa shape index (κ2) is 9.41. The first-order chi connectivity index (χ1) is 13.9. The number of carbonyl (C=O) groups is 1. The van der Waals surface area contributed by atoms with Crippen molar-refractivity contribution in [3.8, 4) is 5.75 Å². The quantitative estimate of drug-likeness (QED) is 0.753. The molecule has 0 radical (unpaired) electrons. The van der Waals surface area contributed by atoms with Crippen molar-refractivity contribution in [2.45, 2.75) is 43.5 Å². The lowest BCUT2D eigenvalue weighted by Gasteiger charge is -2.32. The van der Waals surface area contributed by atoms with Gasteiger partial charge < -0.3 is 10.1 Å². The number of nitrogens with one attached hydrogen (secondary N) is 1. The average Bonchev–Trinajstić information content (AvgIpc) is 2.73. The monoisotopic (exact) mass is 416 g/mol. The summed E-state index contributed by atoms with van der Waals surface area (Å²) in [7, 11) is -1.99. The molecule has 0 spiro atoms. The van der Waals surface area contributed by atoms with Gasteiger partial charge in [0.25, 0.3) is 0 Å². The Morgan fingerprint density at radius 3 is 2.45 bits per heavy atom. The predicted octanol–water partition coefficient (Wildman–Crippen LogP) is 2.91. The molecule has 1 N–H and O–H groups in total. The molecule has 1 aliphatic rings. The van der Waals surface area contributed by atoms with Gasteiger partial charge in [0, 0.05) is 25.6 Å². The van der Waals surface area contributed by atoms with E-state index in [0.29, 0.717) is 55.0 Å². The van der Waals surface area contributed by atoms with Gasteiger partial charge in [-0.05, 0) is 55.5 Å². The Balaban J connectivity index is 1.52. The van der Waals surface area contributed by atoms with E-state index in [-0.39, 0.29) is 11.9 Å². The van der Waals surface area contributed by atoms with Crippen molar-refractivity contribution in [3.05, 3.63) is 59.7 Å². The van der Waals surface area contributed by atoms with Crippen molar-refractivity contribution in [2.75, 3.05) is 20.2 Å². The molecule has 1 heterocycles. The minimum absolute atomic E-state index is 0.0150. The molecule has 0 unspecified atom stereocenters. The number of amides is 1. The third-order valence-corrected chi connectivity index (χ3v) is 7.36. The lowest BCUT2D eigenvalue weighted by Crippen LogP contribution is -2.46. The Labute approximate surface area is 172 Å². The van der Waals surface area contributed by atoms with E-state index in [9.17, 15) is 13.2 Å². The van der Waals surface area contributed by atoms with E-state index in [0.717, 1.165) is 5.56 Å². The zero-order chi connectivity index (χ0) is 20.9. The molecule has 1 fully saturated rings. The van der Waals surface area contributed by atoms with Crippen LogP contribution in [0.15, 0.2) is 53.4 Å². The number of benzene rings is 2. The molecule has 0 saturated carbocycles. The Kier molecular flexibility index (Phi) is 6.92. The second-order valence-electron chi connectivity index (χ2n) is 7.36. The lowest BCUT2D eigenvalue weighted by atomic mass is 10.1. The molecule has 0 bridgehead atoms. The average molecular weight is 417 g/mol. The molecule has 0 atom stereocenters. The predicted molar refractivity (Wildman–Crippen MR) is 112 cm³/mol. The van der Waals surface area contributed by atoms with Gasteiger partial charge in [-0.15, -0.1) is 0 Å². The highest BCUT2D eigenvalue weighted by molar-refractivity contribution is 7.89. The van der Waals surface area contributed by atoms with Crippen molar-refractivity contribution >= 4 is 15.9 Å². The summed E-state index contributed by atoms with van der Waals surface area (Å²) in [4.78, 5) is 12.5. The van der Waals surface area contributed by atoms with Crippen molar-refractivity contribution in [1.29, 1.82) is 0 Å². The number of piperidine rings is 1. The largest absolute Gasteiger partial charge is 0.497 e. The molecule has 0 aromatic heterocycles. The van der Waals surface area contributed by atoms with E-state index in [1.165, 1.54) is 4.31 Å². The third-order valence-electron chi connectivity index (χ3n) is 5.30. The van der Waals surface area contributed by atoms with Gasteiger partial charge in [0.05, 0.1) is 12.0 Å². The number of carbonyl (C=O) groups excluding carboxylic acids is 1. The number of sulfonamides is 1. The van der Waals surface area contributed by atoms with Crippen LogP contribution in [-0.4, -0.2) is 44.9 Å². The highest BCUT2D eigenvalue weighted by Gasteiger charge is 2.30. The SMILES string of the molecule is COc1ccc(S(=O)(=O)N2CCC(NC(=O)CCc3ccccc3)CC2)c(C)c1. The first-order valence-corrected chi connectivity index (χ1v) is 11.3. The summed E-state index contributed by atoms with van der Waals surface area (Å²) in [5.41, 5.74) is 1.80. The minimum atomic E-state index is -3.55. The van der Waals surface area contributed by atoms with Crippen molar-refractivity contribution < 1.29 is 17.9 Å². The van der Waals surface area contributed by atoms with Crippen LogP contribution in [0.5, 0.6) is 5.75 Å². The fraction of sp³-hybridized carbons (Fsp3) is 0.409. The lowest BCUT2D eigenvalue weighted by molar-refractivity contribution is -0.122. The molecular formula is C22H28N2O4S. The number of methoxy groups -OCH3 is 1. The fourth-order valence-corrected chi connectivity index (χ4v) is 5.30. The molecule has 3 rings (SSSR count). The smallest absolute Gasteiger partial charge is 0.243 e. The molecule has 29 heavy (non-hydrogen) atoms.